The molecule has 0 aromatic heterocycles. The van der Waals surface area contributed by atoms with E-state index in [0.717, 1.165) is 11.3 Å². The van der Waals surface area contributed by atoms with Crippen molar-refractivity contribution in [2.24, 2.45) is 0 Å². The summed E-state index contributed by atoms with van der Waals surface area (Å²) < 4.78 is 16.3. The zero-order valence-electron chi connectivity index (χ0n) is 18.7. The van der Waals surface area contributed by atoms with E-state index in [0.29, 0.717) is 47.0 Å². The van der Waals surface area contributed by atoms with E-state index in [-0.39, 0.29) is 24.0 Å². The molecule has 2 aromatic carbocycles. The number of nitrogens with zero attached hydrogens (tertiary/aromatic N) is 3. The van der Waals surface area contributed by atoms with Gasteiger partial charge in [0.1, 0.15) is 11.5 Å². The standard InChI is InChI=1S/C24H25N3O5S/c1-4-32-22-9-15(5-8-20(22)28)17-11-23(29)27-13-26(14-33-24(27)18(17)12-25)19-7-6-16(30-2)10-21(19)31-3/h5-10,17,28H,4,11,13-14H2,1-3H3/t17-/m1/s1. The molecule has 33 heavy (non-hydrogen) atoms. The van der Waals surface area contributed by atoms with Gasteiger partial charge in [-0.1, -0.05) is 17.8 Å². The second-order valence-electron chi connectivity index (χ2n) is 7.56. The lowest BCUT2D eigenvalue weighted by atomic mass is 9.86. The van der Waals surface area contributed by atoms with Crippen molar-refractivity contribution < 1.29 is 24.1 Å². The van der Waals surface area contributed by atoms with Gasteiger partial charge < -0.3 is 24.2 Å². The fourth-order valence-corrected chi connectivity index (χ4v) is 5.22. The van der Waals surface area contributed by atoms with E-state index in [4.69, 9.17) is 14.2 Å². The number of thioether (sulfide) groups is 1. The van der Waals surface area contributed by atoms with Crippen LogP contribution in [-0.2, 0) is 4.79 Å². The summed E-state index contributed by atoms with van der Waals surface area (Å²) in [7, 11) is 3.19. The monoisotopic (exact) mass is 467 g/mol. The minimum absolute atomic E-state index is 0.0339. The number of allylic oxidation sites excluding steroid dienone is 1. The number of carbonyl (C=O) groups excluding carboxylic acids is 1. The zero-order valence-corrected chi connectivity index (χ0v) is 19.5. The van der Waals surface area contributed by atoms with Crippen molar-refractivity contribution in [2.75, 3.05) is 38.3 Å². The molecule has 0 unspecified atom stereocenters. The van der Waals surface area contributed by atoms with Gasteiger partial charge in [-0.25, -0.2) is 0 Å². The molecule has 9 heteroatoms. The number of anilines is 1. The van der Waals surface area contributed by atoms with Crippen LogP contribution in [0.2, 0.25) is 0 Å². The topological polar surface area (TPSA) is 95.3 Å². The van der Waals surface area contributed by atoms with Gasteiger partial charge in [0.05, 0.1) is 55.7 Å². The summed E-state index contributed by atoms with van der Waals surface area (Å²) in [6.45, 7) is 2.56. The maximum Gasteiger partial charge on any atom is 0.229 e. The number of phenols is 1. The number of carbonyl (C=O) groups is 1. The van der Waals surface area contributed by atoms with Crippen LogP contribution < -0.4 is 19.1 Å². The molecule has 2 aliphatic rings. The van der Waals surface area contributed by atoms with Gasteiger partial charge in [-0.15, -0.1) is 0 Å². The molecule has 0 saturated carbocycles. The number of ether oxygens (including phenoxy) is 3. The van der Waals surface area contributed by atoms with Gasteiger partial charge in [0.15, 0.2) is 11.5 Å². The Bertz CT molecular complexity index is 1140. The van der Waals surface area contributed by atoms with Crippen molar-refractivity contribution in [1.29, 1.82) is 5.26 Å². The quantitative estimate of drug-likeness (QED) is 0.681. The van der Waals surface area contributed by atoms with Crippen molar-refractivity contribution in [3.05, 3.63) is 52.6 Å². The number of phenolic OH excluding ortho intramolecular Hbond substituents is 1. The fourth-order valence-electron chi connectivity index (χ4n) is 4.06. The van der Waals surface area contributed by atoms with Gasteiger partial charge >= 0.3 is 0 Å². The van der Waals surface area contributed by atoms with Crippen molar-refractivity contribution in [3.63, 3.8) is 0 Å². The number of benzene rings is 2. The average Bonchev–Trinajstić information content (AvgIpc) is 2.84. The lowest BCUT2D eigenvalue weighted by molar-refractivity contribution is -0.129. The second-order valence-corrected chi connectivity index (χ2v) is 8.50. The lowest BCUT2D eigenvalue weighted by Gasteiger charge is -2.42. The van der Waals surface area contributed by atoms with Crippen LogP contribution in [0, 0.1) is 11.3 Å². The third-order valence-electron chi connectivity index (χ3n) is 5.71. The molecule has 1 N–H and O–H groups in total. The zero-order chi connectivity index (χ0) is 23.5. The molecule has 8 nitrogen and oxygen atoms in total. The van der Waals surface area contributed by atoms with Gasteiger partial charge in [0.25, 0.3) is 0 Å². The molecule has 1 saturated heterocycles. The number of rotatable bonds is 6. The van der Waals surface area contributed by atoms with Crippen LogP contribution in [0.1, 0.15) is 24.8 Å². The number of hydrogen-bond donors (Lipinski definition) is 1. The Balaban J connectivity index is 1.66. The van der Waals surface area contributed by atoms with Crippen molar-refractivity contribution >= 4 is 23.4 Å². The minimum Gasteiger partial charge on any atom is -0.504 e. The Labute approximate surface area is 196 Å². The third-order valence-corrected chi connectivity index (χ3v) is 6.86. The molecule has 1 atom stereocenters. The number of amides is 1. The Morgan fingerprint density at radius 3 is 2.70 bits per heavy atom. The van der Waals surface area contributed by atoms with E-state index in [1.165, 1.54) is 11.8 Å². The summed E-state index contributed by atoms with van der Waals surface area (Å²) in [5, 5.41) is 20.7. The van der Waals surface area contributed by atoms with Gasteiger partial charge in [0, 0.05) is 18.4 Å². The van der Waals surface area contributed by atoms with Gasteiger partial charge in [-0.05, 0) is 36.8 Å². The van der Waals surface area contributed by atoms with E-state index >= 15 is 0 Å². The molecule has 172 valence electrons. The summed E-state index contributed by atoms with van der Waals surface area (Å²) in [4.78, 5) is 16.9. The number of methoxy groups -OCH3 is 2. The SMILES string of the molecule is CCOc1cc([C@H]2CC(=O)N3CN(c4ccc(OC)cc4OC)CSC3=C2C#N)ccc1O. The van der Waals surface area contributed by atoms with Crippen molar-refractivity contribution in [1.82, 2.24) is 4.90 Å². The first kappa shape index (κ1) is 22.7. The van der Waals surface area contributed by atoms with E-state index in [1.54, 1.807) is 43.4 Å². The van der Waals surface area contributed by atoms with Crippen molar-refractivity contribution in [2.45, 2.75) is 19.3 Å². The van der Waals surface area contributed by atoms with E-state index in [1.807, 2.05) is 24.0 Å². The maximum atomic E-state index is 13.2. The average molecular weight is 468 g/mol. The van der Waals surface area contributed by atoms with Crippen LogP contribution >= 0.6 is 11.8 Å². The molecule has 0 spiro atoms. The van der Waals surface area contributed by atoms with Crippen LogP contribution in [-0.4, -0.2) is 49.3 Å². The van der Waals surface area contributed by atoms with Crippen LogP contribution in [0.3, 0.4) is 0 Å². The molecule has 0 bridgehead atoms. The lowest BCUT2D eigenvalue weighted by Crippen LogP contribution is -2.47. The molecule has 1 amide bonds. The summed E-state index contributed by atoms with van der Waals surface area (Å²) in [5.41, 5.74) is 2.17. The van der Waals surface area contributed by atoms with Crippen LogP contribution in [0.4, 0.5) is 5.69 Å². The molecular weight excluding hydrogens is 442 g/mol. The highest BCUT2D eigenvalue weighted by molar-refractivity contribution is 8.03. The molecule has 0 radical (unpaired) electrons. The maximum absolute atomic E-state index is 13.2. The molecule has 0 aliphatic carbocycles. The summed E-state index contributed by atoms with van der Waals surface area (Å²) in [5.74, 6) is 1.82. The predicted molar refractivity (Wildman–Crippen MR) is 125 cm³/mol. The predicted octanol–water partition coefficient (Wildman–Crippen LogP) is 4.03. The highest BCUT2D eigenvalue weighted by Crippen LogP contribution is 2.45. The third kappa shape index (κ3) is 4.26. The van der Waals surface area contributed by atoms with E-state index < -0.39 is 0 Å². The number of aromatic hydroxyl groups is 1. The number of fused-ring (bicyclic) bond motifs is 1. The number of nitriles is 1. The van der Waals surface area contributed by atoms with E-state index in [9.17, 15) is 15.2 Å². The number of hydrogen-bond acceptors (Lipinski definition) is 8. The Morgan fingerprint density at radius 1 is 1.18 bits per heavy atom. The first-order valence-corrected chi connectivity index (χ1v) is 11.5. The molecule has 1 fully saturated rings. The van der Waals surface area contributed by atoms with Gasteiger partial charge in [-0.2, -0.15) is 5.26 Å². The Morgan fingerprint density at radius 2 is 2.00 bits per heavy atom. The largest absolute Gasteiger partial charge is 0.504 e. The smallest absolute Gasteiger partial charge is 0.229 e. The van der Waals surface area contributed by atoms with Gasteiger partial charge in [0.2, 0.25) is 5.91 Å². The van der Waals surface area contributed by atoms with Crippen LogP contribution in [0.25, 0.3) is 0 Å². The van der Waals surface area contributed by atoms with Crippen LogP contribution in [0.5, 0.6) is 23.0 Å². The Kier molecular flexibility index (Phi) is 6.56. The Hall–Kier alpha value is -3.51. The molecule has 2 aliphatic heterocycles. The molecule has 2 aromatic rings. The minimum atomic E-state index is -0.386. The molecule has 2 heterocycles. The second kappa shape index (κ2) is 9.55. The fraction of sp³-hybridized carbons (Fsp3) is 0.333. The highest BCUT2D eigenvalue weighted by atomic mass is 32.2. The normalized spacial score (nSPS) is 18.0. The molecular formula is C24H25N3O5S. The summed E-state index contributed by atoms with van der Waals surface area (Å²) in [6, 6.07) is 12.9. The molecule has 4 rings (SSSR count). The summed E-state index contributed by atoms with van der Waals surface area (Å²) >= 11 is 1.45. The highest BCUT2D eigenvalue weighted by Gasteiger charge is 2.39. The first-order chi connectivity index (χ1) is 16.0. The van der Waals surface area contributed by atoms with Crippen LogP contribution in [0.15, 0.2) is 47.0 Å². The van der Waals surface area contributed by atoms with Gasteiger partial charge in [-0.3, -0.25) is 9.69 Å². The summed E-state index contributed by atoms with van der Waals surface area (Å²) in [6.07, 6.45) is 0.164. The van der Waals surface area contributed by atoms with Crippen molar-refractivity contribution in [3.8, 4) is 29.1 Å². The van der Waals surface area contributed by atoms with E-state index in [2.05, 4.69) is 6.07 Å². The first-order valence-electron chi connectivity index (χ1n) is 10.5.